The van der Waals surface area contributed by atoms with Gasteiger partial charge in [-0.2, -0.15) is 0 Å². The van der Waals surface area contributed by atoms with Crippen LogP contribution in [0.15, 0.2) is 4.42 Å². The van der Waals surface area contributed by atoms with Gasteiger partial charge in [0.1, 0.15) is 18.1 Å². The summed E-state index contributed by atoms with van der Waals surface area (Å²) in [6.07, 6.45) is -0.354. The van der Waals surface area contributed by atoms with E-state index < -0.39 is 49.1 Å². The van der Waals surface area contributed by atoms with E-state index in [1.54, 1.807) is 0 Å². The van der Waals surface area contributed by atoms with Gasteiger partial charge < -0.3 is 36.7 Å². The number of aromatic nitrogens is 2. The molecule has 0 aromatic carbocycles. The van der Waals surface area contributed by atoms with Crippen molar-refractivity contribution in [1.82, 2.24) is 20.8 Å². The van der Waals surface area contributed by atoms with Crippen molar-refractivity contribution in [3.63, 3.8) is 0 Å². The van der Waals surface area contributed by atoms with Crippen molar-refractivity contribution in [3.05, 3.63) is 11.8 Å². The lowest BCUT2D eigenvalue weighted by Crippen LogP contribution is -2.48. The minimum Gasteiger partial charge on any atom is -0.421 e. The Morgan fingerprint density at radius 1 is 1.17 bits per heavy atom. The number of aliphatic hydroxyl groups excluding tert-OH is 2. The highest BCUT2D eigenvalue weighted by Crippen LogP contribution is 2.17. The first-order valence-corrected chi connectivity index (χ1v) is 6.94. The van der Waals surface area contributed by atoms with Crippen molar-refractivity contribution in [2.24, 2.45) is 11.5 Å². The number of nitrogens with zero attached hydrogens (tertiary/aromatic N) is 2. The van der Waals surface area contributed by atoms with Crippen molar-refractivity contribution in [3.8, 4) is 0 Å². The third-order valence-corrected chi connectivity index (χ3v) is 2.96. The van der Waals surface area contributed by atoms with Gasteiger partial charge in [-0.05, 0) is 6.92 Å². The summed E-state index contributed by atoms with van der Waals surface area (Å²) < 4.78 is 5.21. The molecule has 0 aliphatic carbocycles. The van der Waals surface area contributed by atoms with Crippen LogP contribution in [-0.4, -0.2) is 57.4 Å². The van der Waals surface area contributed by atoms with Crippen LogP contribution in [0.1, 0.15) is 37.2 Å². The molecule has 134 valence electrons. The maximum absolute atomic E-state index is 11.9. The van der Waals surface area contributed by atoms with Crippen LogP contribution in [0.4, 0.5) is 4.79 Å². The molecule has 0 aliphatic rings. The van der Waals surface area contributed by atoms with Crippen LogP contribution >= 0.6 is 0 Å². The molecular formula is C12H20N6O6. The minimum absolute atomic E-state index is 0.0823. The number of ketones is 1. The quantitative estimate of drug-likeness (QED) is 0.273. The molecule has 0 radical (unpaired) electrons. The highest BCUT2D eigenvalue weighted by Gasteiger charge is 2.26. The second-order valence-corrected chi connectivity index (χ2v) is 4.95. The topological polar surface area (TPSA) is 207 Å². The van der Waals surface area contributed by atoms with E-state index in [1.165, 1.54) is 6.92 Å². The fraction of sp³-hybridized carbons (Fsp3) is 0.583. The first-order valence-electron chi connectivity index (χ1n) is 6.94. The van der Waals surface area contributed by atoms with E-state index in [9.17, 15) is 14.4 Å². The third-order valence-electron chi connectivity index (χ3n) is 2.96. The van der Waals surface area contributed by atoms with E-state index in [0.29, 0.717) is 0 Å². The Balaban J connectivity index is 2.85. The first kappa shape index (κ1) is 19.5. The molecule has 1 aromatic rings. The van der Waals surface area contributed by atoms with Crippen LogP contribution in [0.5, 0.6) is 0 Å². The summed E-state index contributed by atoms with van der Waals surface area (Å²) in [5.41, 5.74) is 10.6. The summed E-state index contributed by atoms with van der Waals surface area (Å²) >= 11 is 0. The summed E-state index contributed by atoms with van der Waals surface area (Å²) in [6, 6.07) is -3.92. The Kier molecular flexibility index (Phi) is 7.23. The van der Waals surface area contributed by atoms with Gasteiger partial charge in [0.05, 0.1) is 19.6 Å². The second-order valence-electron chi connectivity index (χ2n) is 4.95. The van der Waals surface area contributed by atoms with E-state index in [4.69, 9.17) is 26.1 Å². The average Bonchev–Trinajstić information content (AvgIpc) is 3.00. The van der Waals surface area contributed by atoms with Gasteiger partial charge in [-0.15, -0.1) is 10.2 Å². The summed E-state index contributed by atoms with van der Waals surface area (Å²) in [7, 11) is 0. The van der Waals surface area contributed by atoms with Gasteiger partial charge in [-0.1, -0.05) is 0 Å². The zero-order chi connectivity index (χ0) is 18.3. The lowest BCUT2D eigenvalue weighted by Gasteiger charge is -2.17. The van der Waals surface area contributed by atoms with Gasteiger partial charge >= 0.3 is 6.03 Å². The van der Waals surface area contributed by atoms with Crippen molar-refractivity contribution in [2.45, 2.75) is 31.5 Å². The number of nitrogens with one attached hydrogen (secondary N) is 2. The molecule has 12 nitrogen and oxygen atoms in total. The van der Waals surface area contributed by atoms with Crippen LogP contribution in [0.3, 0.4) is 0 Å². The zero-order valence-electron chi connectivity index (χ0n) is 12.9. The van der Waals surface area contributed by atoms with E-state index in [-0.39, 0.29) is 18.2 Å². The predicted octanol–water partition coefficient (Wildman–Crippen LogP) is -2.77. The van der Waals surface area contributed by atoms with Gasteiger partial charge in [-0.3, -0.25) is 9.59 Å². The summed E-state index contributed by atoms with van der Waals surface area (Å²) in [5, 5.41) is 29.8. The van der Waals surface area contributed by atoms with Gasteiger partial charge in [0, 0.05) is 0 Å². The minimum atomic E-state index is -1.10. The second kappa shape index (κ2) is 8.90. The van der Waals surface area contributed by atoms with Crippen LogP contribution in [0, 0.1) is 0 Å². The monoisotopic (exact) mass is 344 g/mol. The molecule has 3 amide bonds. The molecule has 0 saturated heterocycles. The van der Waals surface area contributed by atoms with Crippen molar-refractivity contribution in [2.75, 3.05) is 13.2 Å². The molecule has 0 aliphatic heterocycles. The predicted molar refractivity (Wildman–Crippen MR) is 78.1 cm³/mol. The molecular weight excluding hydrogens is 324 g/mol. The molecule has 24 heavy (non-hydrogen) atoms. The largest absolute Gasteiger partial charge is 0.421 e. The molecule has 3 atom stereocenters. The fourth-order valence-electron chi connectivity index (χ4n) is 1.65. The van der Waals surface area contributed by atoms with Gasteiger partial charge in [0.25, 0.3) is 0 Å². The van der Waals surface area contributed by atoms with Crippen molar-refractivity contribution < 1.29 is 29.0 Å². The van der Waals surface area contributed by atoms with E-state index >= 15 is 0 Å². The van der Waals surface area contributed by atoms with Gasteiger partial charge in [0.2, 0.25) is 17.7 Å². The number of urea groups is 1. The maximum atomic E-state index is 11.9. The summed E-state index contributed by atoms with van der Waals surface area (Å²) in [4.78, 5) is 34.2. The molecule has 1 rings (SSSR count). The summed E-state index contributed by atoms with van der Waals surface area (Å²) in [6.45, 7) is 0.175. The zero-order valence-corrected chi connectivity index (χ0v) is 12.9. The molecule has 1 aromatic heterocycles. The molecule has 8 N–H and O–H groups in total. The Hall–Kier alpha value is -2.57. The van der Waals surface area contributed by atoms with Crippen LogP contribution in [0.2, 0.25) is 0 Å². The van der Waals surface area contributed by atoms with Crippen LogP contribution in [-0.2, 0) is 9.59 Å². The number of nitrogens with two attached hydrogens (primary N) is 2. The summed E-state index contributed by atoms with van der Waals surface area (Å²) in [5.74, 6) is -1.43. The van der Waals surface area contributed by atoms with E-state index in [1.807, 2.05) is 0 Å². The Labute approximate surface area is 136 Å². The highest BCUT2D eigenvalue weighted by molar-refractivity contribution is 5.87. The third kappa shape index (κ3) is 5.57. The maximum Gasteiger partial charge on any atom is 0.316 e. The van der Waals surface area contributed by atoms with Crippen LogP contribution in [0.25, 0.3) is 0 Å². The van der Waals surface area contributed by atoms with Crippen molar-refractivity contribution in [1.29, 1.82) is 0 Å². The molecule has 0 fully saturated rings. The molecule has 0 spiro atoms. The molecule has 0 bridgehead atoms. The standard InChI is InChI=1S/C12H20N6O6/c1-5(21)8(4-20)16-12(23)15-7(2-9(14)22)11-18-17-10(24-11)6(13)3-19/h6-8,19-20H,2-4,13H2,1H3,(H2,14,22)(H2,15,16,23)/t6-,7-,8-/m0/s1. The number of hydrogen-bond acceptors (Lipinski definition) is 9. The fourth-order valence-corrected chi connectivity index (χ4v) is 1.65. The normalized spacial score (nSPS) is 14.5. The van der Waals surface area contributed by atoms with Gasteiger partial charge in [0.15, 0.2) is 5.78 Å². The lowest BCUT2D eigenvalue weighted by molar-refractivity contribution is -0.120. The number of carbonyl (C=O) groups is 3. The SMILES string of the molecule is CC(=O)[C@H](CO)NC(=O)N[C@@H](CC(N)=O)c1nnc([C@@H](N)CO)o1. The number of hydrogen-bond donors (Lipinski definition) is 6. The van der Waals surface area contributed by atoms with Crippen molar-refractivity contribution >= 4 is 17.7 Å². The van der Waals surface area contributed by atoms with E-state index in [0.717, 1.165) is 0 Å². The van der Waals surface area contributed by atoms with E-state index in [2.05, 4.69) is 20.8 Å². The highest BCUT2D eigenvalue weighted by atomic mass is 16.4. The van der Waals surface area contributed by atoms with Crippen LogP contribution < -0.4 is 22.1 Å². The lowest BCUT2D eigenvalue weighted by atomic mass is 10.2. The smallest absolute Gasteiger partial charge is 0.316 e. The number of aliphatic hydroxyl groups is 2. The Morgan fingerprint density at radius 2 is 1.79 bits per heavy atom. The molecule has 1 heterocycles. The molecule has 0 saturated carbocycles. The number of Topliss-reactive ketones (excluding diaryl/α,β-unsaturated/α-hetero) is 1. The number of carbonyl (C=O) groups excluding carboxylic acids is 3. The van der Waals surface area contributed by atoms with Gasteiger partial charge in [-0.25, -0.2) is 4.79 Å². The Bertz CT molecular complexity index is 590. The first-order chi connectivity index (χ1) is 11.3. The molecule has 0 unspecified atom stereocenters. The Morgan fingerprint density at radius 3 is 2.29 bits per heavy atom. The average molecular weight is 344 g/mol. The number of primary amides is 1. The number of rotatable bonds is 9. The molecule has 12 heteroatoms. The number of amides is 3.